The molecule has 0 fully saturated rings. The van der Waals surface area contributed by atoms with E-state index in [1.807, 2.05) is 0 Å². The first-order valence-electron chi connectivity index (χ1n) is 12.3. The smallest absolute Gasteiger partial charge is 0.471 e. The van der Waals surface area contributed by atoms with Crippen LogP contribution in [0.1, 0.15) is 11.1 Å². The summed E-state index contributed by atoms with van der Waals surface area (Å²) in [7, 11) is -1.52. The highest BCUT2D eigenvalue weighted by molar-refractivity contribution is 7.47. The second kappa shape index (κ2) is 14.5. The highest BCUT2D eigenvalue weighted by Crippen LogP contribution is 2.42. The van der Waals surface area contributed by atoms with Crippen LogP contribution in [0, 0.1) is 24.0 Å². The number of ether oxygens (including phenoxy) is 1. The van der Waals surface area contributed by atoms with Crippen molar-refractivity contribution in [3.8, 4) is 5.75 Å². The molecule has 0 spiro atoms. The van der Waals surface area contributed by atoms with E-state index in [1.165, 1.54) is 13.2 Å². The molecule has 1 atom stereocenters. The number of nitrogens with zero attached hydrogens (tertiary/aromatic N) is 6. The molecule has 0 saturated heterocycles. The standard InChI is InChI=1S/C26H31N6O8P/c1-18-5-10-23(24(15-18)32(34)35)29-28-21-16-19(2)26(25(17-21)38-3)30-27-20-6-8-22(9-7-20)31(11-13-33)12-14-40-41(36,37)39-4/h5-10,15-17,33H,11-14H2,1-4H3,(H,36,37). The highest BCUT2D eigenvalue weighted by atomic mass is 31.2. The van der Waals surface area contributed by atoms with E-state index in [4.69, 9.17) is 9.26 Å². The summed E-state index contributed by atoms with van der Waals surface area (Å²) in [5, 5.41) is 37.6. The van der Waals surface area contributed by atoms with Crippen LogP contribution in [0.3, 0.4) is 0 Å². The number of nitro groups is 1. The van der Waals surface area contributed by atoms with Crippen LogP contribution in [0.15, 0.2) is 75.1 Å². The molecule has 0 aliphatic rings. The molecule has 3 aromatic carbocycles. The minimum atomic E-state index is -4.09. The number of benzene rings is 3. The fourth-order valence-corrected chi connectivity index (χ4v) is 4.11. The zero-order valence-electron chi connectivity index (χ0n) is 23.0. The molecule has 2 N–H and O–H groups in total. The Labute approximate surface area is 236 Å². The van der Waals surface area contributed by atoms with Crippen molar-refractivity contribution in [1.82, 2.24) is 0 Å². The maximum absolute atomic E-state index is 11.5. The van der Waals surface area contributed by atoms with Gasteiger partial charge in [0.15, 0.2) is 5.69 Å². The van der Waals surface area contributed by atoms with Gasteiger partial charge >= 0.3 is 7.82 Å². The lowest BCUT2D eigenvalue weighted by atomic mass is 10.1. The maximum atomic E-state index is 11.5. The van der Waals surface area contributed by atoms with Gasteiger partial charge in [0.05, 0.1) is 36.6 Å². The predicted molar refractivity (Wildman–Crippen MR) is 152 cm³/mol. The van der Waals surface area contributed by atoms with Crippen molar-refractivity contribution in [1.29, 1.82) is 0 Å². The van der Waals surface area contributed by atoms with E-state index in [0.29, 0.717) is 28.4 Å². The summed E-state index contributed by atoms with van der Waals surface area (Å²) < 4.78 is 26.2. The number of anilines is 1. The molecule has 0 heterocycles. The lowest BCUT2D eigenvalue weighted by Gasteiger charge is -2.24. The van der Waals surface area contributed by atoms with Gasteiger partial charge in [-0.3, -0.25) is 19.2 Å². The Morgan fingerprint density at radius 1 is 0.951 bits per heavy atom. The average Bonchev–Trinajstić information content (AvgIpc) is 2.95. The zero-order valence-corrected chi connectivity index (χ0v) is 23.9. The Hall–Kier alpha value is -4.07. The molecule has 218 valence electrons. The Bertz CT molecular complexity index is 1470. The quantitative estimate of drug-likeness (QED) is 0.0908. The Kier molecular flexibility index (Phi) is 11.1. The van der Waals surface area contributed by atoms with Gasteiger partial charge in [-0.25, -0.2) is 4.57 Å². The fraction of sp³-hybridized carbons (Fsp3) is 0.308. The fourth-order valence-electron chi connectivity index (χ4n) is 3.69. The van der Waals surface area contributed by atoms with Crippen molar-refractivity contribution in [2.75, 3.05) is 45.4 Å². The van der Waals surface area contributed by atoms with Gasteiger partial charge in [-0.2, -0.15) is 10.2 Å². The second-order valence-electron chi connectivity index (χ2n) is 8.67. The number of aryl methyl sites for hydroxylation is 2. The number of rotatable bonds is 14. The first-order chi connectivity index (χ1) is 19.6. The van der Waals surface area contributed by atoms with Crippen LogP contribution in [0.5, 0.6) is 5.75 Å². The molecule has 1 unspecified atom stereocenters. The lowest BCUT2D eigenvalue weighted by Crippen LogP contribution is -2.30. The monoisotopic (exact) mass is 586 g/mol. The van der Waals surface area contributed by atoms with Gasteiger partial charge in [-0.15, -0.1) is 10.2 Å². The average molecular weight is 587 g/mol. The number of phosphoric ester groups is 1. The second-order valence-corrected chi connectivity index (χ2v) is 10.2. The number of nitro benzene ring substituents is 1. The SMILES string of the molecule is COc1cc(N=Nc2ccc(C)cc2[N+](=O)[O-])cc(C)c1N=Nc1ccc(N(CCO)CCOP(=O)(O)OC)cc1. The summed E-state index contributed by atoms with van der Waals surface area (Å²) in [6, 6.07) is 15.0. The molecule has 0 aliphatic carbocycles. The van der Waals surface area contributed by atoms with E-state index in [0.717, 1.165) is 18.4 Å². The normalized spacial score (nSPS) is 13.0. The van der Waals surface area contributed by atoms with Crippen molar-refractivity contribution >= 4 is 41.9 Å². The first-order valence-corrected chi connectivity index (χ1v) is 13.8. The van der Waals surface area contributed by atoms with Crippen LogP contribution in [0.2, 0.25) is 0 Å². The van der Waals surface area contributed by atoms with E-state index in [2.05, 4.69) is 25.0 Å². The summed E-state index contributed by atoms with van der Waals surface area (Å²) in [6.45, 7) is 3.88. The van der Waals surface area contributed by atoms with Crippen LogP contribution in [-0.4, -0.2) is 55.4 Å². The van der Waals surface area contributed by atoms with Gasteiger partial charge in [0.1, 0.15) is 11.4 Å². The summed E-state index contributed by atoms with van der Waals surface area (Å²) in [4.78, 5) is 22.0. The largest absolute Gasteiger partial charge is 0.494 e. The van der Waals surface area contributed by atoms with Crippen LogP contribution in [-0.2, 0) is 13.6 Å². The summed E-state index contributed by atoms with van der Waals surface area (Å²) in [6.07, 6.45) is 0. The summed E-state index contributed by atoms with van der Waals surface area (Å²) >= 11 is 0. The van der Waals surface area contributed by atoms with Gasteiger partial charge in [0.2, 0.25) is 0 Å². The van der Waals surface area contributed by atoms with Gasteiger partial charge < -0.3 is 19.6 Å². The topological polar surface area (TPSA) is 181 Å². The Morgan fingerprint density at radius 3 is 2.29 bits per heavy atom. The molecule has 14 nitrogen and oxygen atoms in total. The van der Waals surface area contributed by atoms with Gasteiger partial charge in [0, 0.05) is 38.0 Å². The molecule has 0 aromatic heterocycles. The van der Waals surface area contributed by atoms with Gasteiger partial charge in [0.25, 0.3) is 5.69 Å². The number of hydrogen-bond acceptors (Lipinski definition) is 12. The number of methoxy groups -OCH3 is 1. The highest BCUT2D eigenvalue weighted by Gasteiger charge is 2.19. The van der Waals surface area contributed by atoms with E-state index in [9.17, 15) is 24.7 Å². The van der Waals surface area contributed by atoms with Crippen LogP contribution >= 0.6 is 7.82 Å². The van der Waals surface area contributed by atoms with Crippen LogP contribution in [0.4, 0.5) is 34.1 Å². The molecule has 0 radical (unpaired) electrons. The van der Waals surface area contributed by atoms with E-state index < -0.39 is 12.7 Å². The number of aliphatic hydroxyl groups is 1. The van der Waals surface area contributed by atoms with Crippen LogP contribution < -0.4 is 9.64 Å². The minimum Gasteiger partial charge on any atom is -0.494 e. The number of phosphoric acid groups is 1. The van der Waals surface area contributed by atoms with Crippen molar-refractivity contribution in [3.63, 3.8) is 0 Å². The number of azo groups is 2. The Morgan fingerprint density at radius 2 is 1.66 bits per heavy atom. The third kappa shape index (κ3) is 8.96. The zero-order chi connectivity index (χ0) is 30.0. The van der Waals surface area contributed by atoms with Gasteiger partial charge in [-0.1, -0.05) is 6.07 Å². The third-order valence-corrected chi connectivity index (χ3v) is 6.74. The van der Waals surface area contributed by atoms with Crippen molar-refractivity contribution in [2.24, 2.45) is 20.5 Å². The summed E-state index contributed by atoms with van der Waals surface area (Å²) in [5.41, 5.74) is 3.63. The van der Waals surface area contributed by atoms with Crippen LogP contribution in [0.25, 0.3) is 0 Å². The molecule has 0 bridgehead atoms. The van der Waals surface area contributed by atoms with E-state index >= 15 is 0 Å². The van der Waals surface area contributed by atoms with Crippen molar-refractivity contribution in [2.45, 2.75) is 13.8 Å². The lowest BCUT2D eigenvalue weighted by molar-refractivity contribution is -0.384. The molecule has 15 heteroatoms. The molecule has 3 rings (SSSR count). The maximum Gasteiger partial charge on any atom is 0.471 e. The third-order valence-electron chi connectivity index (χ3n) is 5.77. The molecule has 0 aliphatic heterocycles. The molecular formula is C26H31N6O8P. The molecule has 0 saturated carbocycles. The first kappa shape index (κ1) is 31.5. The number of hydrogen-bond donors (Lipinski definition) is 2. The van der Waals surface area contributed by atoms with E-state index in [-0.39, 0.29) is 37.7 Å². The van der Waals surface area contributed by atoms with Crippen molar-refractivity contribution in [3.05, 3.63) is 75.8 Å². The molecule has 3 aromatic rings. The number of aliphatic hydroxyl groups excluding tert-OH is 1. The summed E-state index contributed by atoms with van der Waals surface area (Å²) in [5.74, 6) is 0.393. The van der Waals surface area contributed by atoms with Gasteiger partial charge in [-0.05, 0) is 61.4 Å². The molecule has 0 amide bonds. The minimum absolute atomic E-state index is 0.0837. The Balaban J connectivity index is 1.76. The van der Waals surface area contributed by atoms with Crippen molar-refractivity contribution < 1.29 is 33.3 Å². The van der Waals surface area contributed by atoms with E-state index in [1.54, 1.807) is 67.3 Å². The predicted octanol–water partition coefficient (Wildman–Crippen LogP) is 6.61. The molecule has 41 heavy (non-hydrogen) atoms. The molecular weight excluding hydrogens is 555 g/mol.